The number of nitrogens with two attached hydrogens (primary N) is 1. The predicted molar refractivity (Wildman–Crippen MR) is 63.6 cm³/mol. The van der Waals surface area contributed by atoms with E-state index in [9.17, 15) is 4.39 Å². The second kappa shape index (κ2) is 6.45. The van der Waals surface area contributed by atoms with E-state index in [1.54, 1.807) is 25.3 Å². The molecule has 4 heteroatoms. The summed E-state index contributed by atoms with van der Waals surface area (Å²) < 4.78 is 18.6. The number of likely N-dealkylation sites (N-methyl/N-ethyl adjacent to an activating group) is 1. The summed E-state index contributed by atoms with van der Waals surface area (Å²) in [5, 5.41) is 0. The third-order valence-electron chi connectivity index (χ3n) is 2.56. The molecule has 0 aliphatic heterocycles. The highest BCUT2D eigenvalue weighted by atomic mass is 19.1. The van der Waals surface area contributed by atoms with Crippen LogP contribution in [0.3, 0.4) is 0 Å². The fourth-order valence-corrected chi connectivity index (χ4v) is 1.53. The topological polar surface area (TPSA) is 38.5 Å². The van der Waals surface area contributed by atoms with Crippen molar-refractivity contribution in [2.75, 3.05) is 32.5 Å². The molecule has 2 N–H and O–H groups in total. The highest BCUT2D eigenvalue weighted by molar-refractivity contribution is 5.42. The molecule has 1 aromatic rings. The smallest absolute Gasteiger partial charge is 0.150 e. The molecule has 0 saturated heterocycles. The van der Waals surface area contributed by atoms with Crippen molar-refractivity contribution in [1.29, 1.82) is 0 Å². The summed E-state index contributed by atoms with van der Waals surface area (Å²) in [5.74, 6) is -0.307. The van der Waals surface area contributed by atoms with Gasteiger partial charge in [0.25, 0.3) is 0 Å². The Kier molecular flexibility index (Phi) is 5.22. The van der Waals surface area contributed by atoms with E-state index < -0.39 is 0 Å². The summed E-state index contributed by atoms with van der Waals surface area (Å²) >= 11 is 0. The molecule has 0 radical (unpaired) electrons. The largest absolute Gasteiger partial charge is 0.396 e. The second-order valence-electron chi connectivity index (χ2n) is 3.68. The summed E-state index contributed by atoms with van der Waals surface area (Å²) in [7, 11) is 1.66. The van der Waals surface area contributed by atoms with Crippen LogP contribution in [0.4, 0.5) is 10.1 Å². The van der Waals surface area contributed by atoms with Gasteiger partial charge in [-0.3, -0.25) is 4.90 Å². The summed E-state index contributed by atoms with van der Waals surface area (Å²) in [6.07, 6.45) is 0. The zero-order valence-corrected chi connectivity index (χ0v) is 9.87. The number of nitrogen functional groups attached to an aromatic ring is 1. The lowest BCUT2D eigenvalue weighted by atomic mass is 10.1. The lowest BCUT2D eigenvalue weighted by Crippen LogP contribution is -2.27. The second-order valence-corrected chi connectivity index (χ2v) is 3.68. The van der Waals surface area contributed by atoms with Gasteiger partial charge in [0.1, 0.15) is 0 Å². The number of rotatable bonds is 6. The van der Waals surface area contributed by atoms with E-state index in [1.165, 1.54) is 0 Å². The van der Waals surface area contributed by atoms with Crippen LogP contribution in [0, 0.1) is 5.82 Å². The summed E-state index contributed by atoms with van der Waals surface area (Å²) in [6, 6.07) is 5.11. The first kappa shape index (κ1) is 12.9. The monoisotopic (exact) mass is 226 g/mol. The van der Waals surface area contributed by atoms with Crippen molar-refractivity contribution < 1.29 is 9.13 Å². The van der Waals surface area contributed by atoms with E-state index in [1.807, 2.05) is 6.92 Å². The van der Waals surface area contributed by atoms with Gasteiger partial charge in [-0.25, -0.2) is 4.39 Å². The fraction of sp³-hybridized carbons (Fsp3) is 0.500. The van der Waals surface area contributed by atoms with Gasteiger partial charge in [-0.1, -0.05) is 19.1 Å². The molecular formula is C12H19FN2O. The average Bonchev–Trinajstić information content (AvgIpc) is 2.30. The first-order valence-corrected chi connectivity index (χ1v) is 5.43. The lowest BCUT2D eigenvalue weighted by Gasteiger charge is -2.20. The van der Waals surface area contributed by atoms with E-state index >= 15 is 0 Å². The van der Waals surface area contributed by atoms with Gasteiger partial charge in [-0.2, -0.15) is 0 Å². The quantitative estimate of drug-likeness (QED) is 0.753. The SMILES string of the molecule is CCN(CCOC)Cc1cccc(N)c1F. The Morgan fingerprint density at radius 1 is 1.44 bits per heavy atom. The third kappa shape index (κ3) is 3.47. The average molecular weight is 226 g/mol. The van der Waals surface area contributed by atoms with Crippen molar-refractivity contribution in [3.8, 4) is 0 Å². The van der Waals surface area contributed by atoms with Crippen LogP contribution in [0.1, 0.15) is 12.5 Å². The summed E-state index contributed by atoms with van der Waals surface area (Å²) in [4.78, 5) is 2.11. The van der Waals surface area contributed by atoms with Crippen LogP contribution < -0.4 is 5.73 Å². The molecule has 0 atom stereocenters. The molecule has 0 unspecified atom stereocenters. The molecule has 1 aromatic carbocycles. The molecule has 0 saturated carbocycles. The van der Waals surface area contributed by atoms with E-state index in [0.29, 0.717) is 18.7 Å². The first-order valence-electron chi connectivity index (χ1n) is 5.43. The van der Waals surface area contributed by atoms with Gasteiger partial charge in [0.2, 0.25) is 0 Å². The van der Waals surface area contributed by atoms with Crippen LogP contribution in [0.5, 0.6) is 0 Å². The Labute approximate surface area is 96.0 Å². The van der Waals surface area contributed by atoms with Gasteiger partial charge in [0.05, 0.1) is 12.3 Å². The van der Waals surface area contributed by atoms with Crippen molar-refractivity contribution in [3.63, 3.8) is 0 Å². The van der Waals surface area contributed by atoms with Gasteiger partial charge in [-0.05, 0) is 12.6 Å². The number of ether oxygens (including phenoxy) is 1. The van der Waals surface area contributed by atoms with E-state index in [4.69, 9.17) is 10.5 Å². The number of methoxy groups -OCH3 is 1. The minimum absolute atomic E-state index is 0.209. The number of hydrogen-bond acceptors (Lipinski definition) is 3. The maximum absolute atomic E-state index is 13.6. The fourth-order valence-electron chi connectivity index (χ4n) is 1.53. The Balaban J connectivity index is 2.66. The summed E-state index contributed by atoms with van der Waals surface area (Å²) in [6.45, 7) is 4.91. The number of benzene rings is 1. The molecule has 0 fully saturated rings. The minimum Gasteiger partial charge on any atom is -0.396 e. The number of hydrogen-bond donors (Lipinski definition) is 1. The Bertz CT molecular complexity index is 331. The van der Waals surface area contributed by atoms with Gasteiger partial charge in [0.15, 0.2) is 5.82 Å². The van der Waals surface area contributed by atoms with Crippen molar-refractivity contribution in [2.45, 2.75) is 13.5 Å². The summed E-state index contributed by atoms with van der Waals surface area (Å²) in [5.41, 5.74) is 6.37. The van der Waals surface area contributed by atoms with Crippen LogP contribution in [0.15, 0.2) is 18.2 Å². The molecule has 0 aliphatic rings. The highest BCUT2D eigenvalue weighted by Gasteiger charge is 2.09. The molecule has 0 bridgehead atoms. The molecule has 0 spiro atoms. The Morgan fingerprint density at radius 3 is 2.81 bits per heavy atom. The van der Waals surface area contributed by atoms with Gasteiger partial charge >= 0.3 is 0 Å². The maximum Gasteiger partial charge on any atom is 0.150 e. The number of anilines is 1. The van der Waals surface area contributed by atoms with Crippen molar-refractivity contribution in [2.24, 2.45) is 0 Å². The number of halogens is 1. The molecule has 0 amide bonds. The number of nitrogens with zero attached hydrogens (tertiary/aromatic N) is 1. The van der Waals surface area contributed by atoms with Crippen LogP contribution >= 0.6 is 0 Å². The standard InChI is InChI=1S/C12H19FN2O/c1-3-15(7-8-16-2)9-10-5-4-6-11(14)12(10)13/h4-6H,3,7-9,14H2,1-2H3. The van der Waals surface area contributed by atoms with E-state index in [0.717, 1.165) is 13.1 Å². The van der Waals surface area contributed by atoms with Crippen LogP contribution in [-0.2, 0) is 11.3 Å². The van der Waals surface area contributed by atoms with Crippen LogP contribution in [0.25, 0.3) is 0 Å². The Hall–Kier alpha value is -1.13. The van der Waals surface area contributed by atoms with Gasteiger partial charge < -0.3 is 10.5 Å². The van der Waals surface area contributed by atoms with Crippen molar-refractivity contribution in [1.82, 2.24) is 4.90 Å². The molecular weight excluding hydrogens is 207 g/mol. The van der Waals surface area contributed by atoms with E-state index in [-0.39, 0.29) is 11.5 Å². The van der Waals surface area contributed by atoms with E-state index in [2.05, 4.69) is 4.90 Å². The molecule has 0 aliphatic carbocycles. The van der Waals surface area contributed by atoms with Gasteiger partial charge in [0, 0.05) is 25.8 Å². The highest BCUT2D eigenvalue weighted by Crippen LogP contribution is 2.16. The molecule has 1 rings (SSSR count). The van der Waals surface area contributed by atoms with Crippen molar-refractivity contribution >= 4 is 5.69 Å². The van der Waals surface area contributed by atoms with Crippen molar-refractivity contribution in [3.05, 3.63) is 29.6 Å². The molecule has 0 heterocycles. The maximum atomic E-state index is 13.6. The minimum atomic E-state index is -0.307. The first-order chi connectivity index (χ1) is 7.69. The molecule has 3 nitrogen and oxygen atoms in total. The lowest BCUT2D eigenvalue weighted by molar-refractivity contribution is 0.147. The van der Waals surface area contributed by atoms with Gasteiger partial charge in [-0.15, -0.1) is 0 Å². The third-order valence-corrected chi connectivity index (χ3v) is 2.56. The zero-order valence-electron chi connectivity index (χ0n) is 9.87. The predicted octanol–water partition coefficient (Wildman–Crippen LogP) is 1.88. The van der Waals surface area contributed by atoms with Crippen LogP contribution in [-0.4, -0.2) is 31.7 Å². The zero-order chi connectivity index (χ0) is 12.0. The molecule has 16 heavy (non-hydrogen) atoms. The normalized spacial score (nSPS) is 11.0. The Morgan fingerprint density at radius 2 is 2.19 bits per heavy atom. The van der Waals surface area contributed by atoms with Crippen LogP contribution in [0.2, 0.25) is 0 Å². The molecule has 90 valence electrons. The molecule has 0 aromatic heterocycles.